The van der Waals surface area contributed by atoms with Gasteiger partial charge in [-0.25, -0.2) is 5.10 Å². The molecule has 2 aromatic carbocycles. The van der Waals surface area contributed by atoms with Crippen LogP contribution in [0.2, 0.25) is 0 Å². The normalized spacial score (nSPS) is 14.8. The lowest BCUT2D eigenvalue weighted by Crippen LogP contribution is -2.43. The van der Waals surface area contributed by atoms with Gasteiger partial charge in [0.05, 0.1) is 10.3 Å². The van der Waals surface area contributed by atoms with E-state index in [1.807, 2.05) is 37.3 Å². The van der Waals surface area contributed by atoms with Crippen molar-refractivity contribution in [2.75, 3.05) is 6.54 Å². The lowest BCUT2D eigenvalue weighted by Gasteiger charge is -2.32. The van der Waals surface area contributed by atoms with E-state index in [2.05, 4.69) is 48.7 Å². The summed E-state index contributed by atoms with van der Waals surface area (Å²) >= 11 is 5.50. The molecule has 5 rings (SSSR count). The van der Waals surface area contributed by atoms with Gasteiger partial charge in [-0.05, 0) is 63.3 Å². The molecule has 1 fully saturated rings. The molecule has 2 N–H and O–H groups in total. The molecule has 192 valence electrons. The molecule has 0 aliphatic heterocycles. The number of aromatic nitrogens is 4. The van der Waals surface area contributed by atoms with Crippen molar-refractivity contribution >= 4 is 49.2 Å². The Morgan fingerprint density at radius 3 is 2.59 bits per heavy atom. The van der Waals surface area contributed by atoms with Crippen molar-refractivity contribution in [1.82, 2.24) is 25.5 Å². The second-order valence-corrected chi connectivity index (χ2v) is 11.5. The van der Waals surface area contributed by atoms with Crippen molar-refractivity contribution in [1.29, 1.82) is 0 Å². The Morgan fingerprint density at radius 1 is 1.16 bits per heavy atom. The van der Waals surface area contributed by atoms with Crippen LogP contribution in [0.25, 0.3) is 31.9 Å². The molecular weight excluding hydrogens is 554 g/mol. The third-order valence-electron chi connectivity index (χ3n) is 7.16. The number of carboxylic acids is 1. The first kappa shape index (κ1) is 25.5. The lowest BCUT2D eigenvalue weighted by atomic mass is 9.85. The molecular formula is C27H28BrN5O3S. The monoisotopic (exact) mass is 581 g/mol. The van der Waals surface area contributed by atoms with E-state index in [9.17, 15) is 14.7 Å². The third kappa shape index (κ3) is 5.04. The second-order valence-electron chi connectivity index (χ2n) is 9.66. The van der Waals surface area contributed by atoms with Gasteiger partial charge in [0.15, 0.2) is 5.82 Å². The Hall–Kier alpha value is -3.11. The van der Waals surface area contributed by atoms with Crippen molar-refractivity contribution in [2.24, 2.45) is 5.41 Å². The summed E-state index contributed by atoms with van der Waals surface area (Å²) in [6.07, 6.45) is 4.17. The van der Waals surface area contributed by atoms with Gasteiger partial charge in [-0.2, -0.15) is 0 Å². The van der Waals surface area contributed by atoms with Crippen molar-refractivity contribution in [3.05, 3.63) is 52.5 Å². The van der Waals surface area contributed by atoms with Crippen molar-refractivity contribution in [3.8, 4) is 21.8 Å². The number of carbonyl (C=O) groups is 2. The fraction of sp³-hybridized carbons (Fsp3) is 0.370. The van der Waals surface area contributed by atoms with Gasteiger partial charge in [0.25, 0.3) is 0 Å². The van der Waals surface area contributed by atoms with Gasteiger partial charge >= 0.3 is 5.97 Å². The van der Waals surface area contributed by atoms with E-state index in [-0.39, 0.29) is 12.5 Å². The summed E-state index contributed by atoms with van der Waals surface area (Å²) in [5.41, 5.74) is 2.06. The molecule has 8 nitrogen and oxygen atoms in total. The number of carbonyl (C=O) groups excluding carboxylic acids is 1. The smallest absolute Gasteiger partial charge is 0.311 e. The number of nitrogens with zero attached hydrogens (tertiary/aromatic N) is 4. The maximum atomic E-state index is 13.1. The number of benzene rings is 2. The Morgan fingerprint density at radius 2 is 1.92 bits per heavy atom. The summed E-state index contributed by atoms with van der Waals surface area (Å²) in [6, 6.07) is 14.2. The third-order valence-corrected chi connectivity index (χ3v) is 9.45. The number of H-pyrrole nitrogens is 1. The van der Waals surface area contributed by atoms with Gasteiger partial charge in [0.2, 0.25) is 5.91 Å². The molecule has 0 saturated heterocycles. The van der Waals surface area contributed by atoms with Crippen LogP contribution in [0.15, 0.2) is 46.9 Å². The fourth-order valence-corrected chi connectivity index (χ4v) is 7.26. The SMILES string of the molecule is CCCC(=O)N(Cc1ccc2sc(-c3ccccc3-c3nnn[nH]3)c(Br)c2c1)CC1(C(=O)O)CCCC1. The van der Waals surface area contributed by atoms with E-state index in [4.69, 9.17) is 0 Å². The number of hydrogen-bond acceptors (Lipinski definition) is 6. The molecule has 1 amide bonds. The average molecular weight is 583 g/mol. The topological polar surface area (TPSA) is 112 Å². The number of fused-ring (bicyclic) bond motifs is 1. The van der Waals surface area contributed by atoms with Crippen molar-refractivity contribution in [3.63, 3.8) is 0 Å². The Balaban J connectivity index is 1.48. The van der Waals surface area contributed by atoms with Gasteiger partial charge in [-0.3, -0.25) is 9.59 Å². The van der Waals surface area contributed by atoms with E-state index in [0.29, 0.717) is 31.6 Å². The predicted molar refractivity (Wildman–Crippen MR) is 147 cm³/mol. The molecule has 2 heterocycles. The summed E-state index contributed by atoms with van der Waals surface area (Å²) < 4.78 is 2.08. The summed E-state index contributed by atoms with van der Waals surface area (Å²) in [6.45, 7) is 2.62. The van der Waals surface area contributed by atoms with E-state index >= 15 is 0 Å². The number of aromatic amines is 1. The summed E-state index contributed by atoms with van der Waals surface area (Å²) in [7, 11) is 0. The highest BCUT2D eigenvalue weighted by Crippen LogP contribution is 2.45. The highest BCUT2D eigenvalue weighted by molar-refractivity contribution is 9.10. The minimum absolute atomic E-state index is 0.00906. The number of rotatable bonds is 9. The van der Waals surface area contributed by atoms with Crippen LogP contribution in [-0.2, 0) is 16.1 Å². The average Bonchev–Trinajstić information content (AvgIpc) is 3.66. The van der Waals surface area contributed by atoms with Gasteiger partial charge in [0, 0.05) is 45.2 Å². The number of halogens is 1. The van der Waals surface area contributed by atoms with Crippen molar-refractivity contribution in [2.45, 2.75) is 52.0 Å². The number of hydrogen-bond donors (Lipinski definition) is 2. The van der Waals surface area contributed by atoms with Crippen molar-refractivity contribution < 1.29 is 14.7 Å². The van der Waals surface area contributed by atoms with Crippen LogP contribution in [0.1, 0.15) is 51.0 Å². The van der Waals surface area contributed by atoms with Crippen LogP contribution in [0.4, 0.5) is 0 Å². The first-order chi connectivity index (χ1) is 17.9. The molecule has 10 heteroatoms. The zero-order valence-corrected chi connectivity index (χ0v) is 22.9. The first-order valence-corrected chi connectivity index (χ1v) is 14.1. The van der Waals surface area contributed by atoms with Gasteiger partial charge in [-0.1, -0.05) is 50.1 Å². The van der Waals surface area contributed by atoms with Gasteiger partial charge in [0.1, 0.15) is 0 Å². The van der Waals surface area contributed by atoms with Gasteiger partial charge in [-0.15, -0.1) is 16.4 Å². The summed E-state index contributed by atoms with van der Waals surface area (Å²) in [4.78, 5) is 28.1. The van der Waals surface area contributed by atoms with E-state index in [0.717, 1.165) is 55.4 Å². The van der Waals surface area contributed by atoms with Gasteiger partial charge < -0.3 is 10.0 Å². The Labute approximate surface area is 227 Å². The summed E-state index contributed by atoms with van der Waals surface area (Å²) in [5, 5.41) is 25.4. The van der Waals surface area contributed by atoms with Crippen LogP contribution in [0.5, 0.6) is 0 Å². The zero-order valence-electron chi connectivity index (χ0n) is 20.5. The zero-order chi connectivity index (χ0) is 26.0. The number of tetrazole rings is 1. The minimum Gasteiger partial charge on any atom is -0.481 e. The highest BCUT2D eigenvalue weighted by atomic mass is 79.9. The molecule has 37 heavy (non-hydrogen) atoms. The first-order valence-electron chi connectivity index (χ1n) is 12.5. The molecule has 1 saturated carbocycles. The molecule has 0 spiro atoms. The molecule has 0 radical (unpaired) electrons. The predicted octanol–water partition coefficient (Wildman–Crippen LogP) is 6.28. The molecule has 1 aliphatic rings. The number of aliphatic carboxylic acids is 1. The van der Waals surface area contributed by atoms with Crippen LogP contribution < -0.4 is 0 Å². The summed E-state index contributed by atoms with van der Waals surface area (Å²) in [5.74, 6) is -0.180. The second kappa shape index (κ2) is 10.7. The van der Waals surface area contributed by atoms with E-state index in [1.54, 1.807) is 16.2 Å². The maximum Gasteiger partial charge on any atom is 0.311 e. The standard InChI is InChI=1S/C27H28BrN5O3S/c1-2-7-22(34)33(16-27(26(35)36)12-5-6-13-27)15-17-10-11-21-20(14-17)23(28)24(37-21)18-8-3-4-9-19(18)25-29-31-32-30-25/h3-4,8-11,14H,2,5-7,12-13,15-16H2,1H3,(H,35,36)(H,29,30,31,32). The molecule has 2 aromatic heterocycles. The van der Waals surface area contributed by atoms with Crippen LogP contribution in [0.3, 0.4) is 0 Å². The fourth-order valence-electron chi connectivity index (χ4n) is 5.23. The number of amides is 1. The van der Waals surface area contributed by atoms with E-state index < -0.39 is 11.4 Å². The lowest BCUT2D eigenvalue weighted by molar-refractivity contribution is -0.151. The molecule has 4 aromatic rings. The van der Waals surface area contributed by atoms with E-state index in [1.165, 1.54) is 0 Å². The minimum atomic E-state index is -0.844. The maximum absolute atomic E-state index is 13.1. The number of carboxylic acid groups (broad SMARTS) is 1. The Kier molecular flexibility index (Phi) is 7.39. The highest BCUT2D eigenvalue weighted by Gasteiger charge is 2.43. The Bertz CT molecular complexity index is 1430. The van der Waals surface area contributed by atoms with Crippen LogP contribution in [-0.4, -0.2) is 49.1 Å². The van der Waals surface area contributed by atoms with Crippen LogP contribution >= 0.6 is 27.3 Å². The number of thiophene rings is 1. The molecule has 0 bridgehead atoms. The quantitative estimate of drug-likeness (QED) is 0.240. The molecule has 0 atom stereocenters. The largest absolute Gasteiger partial charge is 0.481 e. The van der Waals surface area contributed by atoms with Crippen LogP contribution in [0, 0.1) is 5.41 Å². The number of nitrogens with one attached hydrogen (secondary N) is 1. The molecule has 1 aliphatic carbocycles. The molecule has 0 unspecified atom stereocenters.